The zero-order chi connectivity index (χ0) is 31.3. The number of anilines is 3. The number of carbonyl (C=O) groups is 3. The van der Waals surface area contributed by atoms with E-state index >= 15 is 0 Å². The van der Waals surface area contributed by atoms with Crippen molar-refractivity contribution in [1.82, 2.24) is 5.32 Å². The lowest BCUT2D eigenvalue weighted by molar-refractivity contribution is -0.274. The number of nitrogens with one attached hydrogen (secondary N) is 3. The number of rotatable bonds is 7. The Bertz CT molecular complexity index is 1550. The number of benzene rings is 3. The van der Waals surface area contributed by atoms with Crippen LogP contribution < -0.4 is 25.6 Å². The molecule has 0 spiro atoms. The van der Waals surface area contributed by atoms with Crippen molar-refractivity contribution in [2.24, 2.45) is 4.99 Å². The lowest BCUT2D eigenvalue weighted by Crippen LogP contribution is -2.35. The number of ether oxygens (including phenoxy) is 1. The second-order valence-corrected chi connectivity index (χ2v) is 11.1. The Morgan fingerprint density at radius 1 is 1.02 bits per heavy atom. The number of thioether (sulfide) groups is 1. The molecule has 4 rings (SSSR count). The number of aryl methyl sites for hydroxylation is 2. The third-order valence-electron chi connectivity index (χ3n) is 6.24. The van der Waals surface area contributed by atoms with Gasteiger partial charge in [-0.2, -0.15) is 4.99 Å². The van der Waals surface area contributed by atoms with Crippen LogP contribution in [-0.2, 0) is 11.2 Å². The second-order valence-electron chi connectivity index (χ2n) is 9.70. The van der Waals surface area contributed by atoms with Gasteiger partial charge in [0, 0.05) is 17.4 Å². The van der Waals surface area contributed by atoms with Crippen molar-refractivity contribution >= 4 is 63.6 Å². The van der Waals surface area contributed by atoms with Crippen molar-refractivity contribution in [3.8, 4) is 5.75 Å². The minimum Gasteiger partial charge on any atom is -0.406 e. The van der Waals surface area contributed by atoms with E-state index in [1.807, 2.05) is 20.8 Å². The van der Waals surface area contributed by atoms with E-state index in [0.717, 1.165) is 40.6 Å². The first-order chi connectivity index (χ1) is 20.3. The topological polar surface area (TPSA) is 112 Å². The largest absolute Gasteiger partial charge is 0.573 e. The van der Waals surface area contributed by atoms with E-state index in [4.69, 9.17) is 11.6 Å². The van der Waals surface area contributed by atoms with Gasteiger partial charge in [-0.3, -0.25) is 9.69 Å². The molecule has 1 aliphatic rings. The van der Waals surface area contributed by atoms with E-state index in [1.54, 1.807) is 36.4 Å². The van der Waals surface area contributed by atoms with Crippen LogP contribution in [0.4, 0.5) is 39.8 Å². The molecule has 5 amide bonds. The number of alkyl halides is 3. The molecule has 3 aromatic carbocycles. The molecule has 226 valence electrons. The summed E-state index contributed by atoms with van der Waals surface area (Å²) in [4.78, 5) is 43.1. The normalized spacial score (nSPS) is 14.9. The number of amidine groups is 1. The summed E-state index contributed by atoms with van der Waals surface area (Å²) >= 11 is 7.56. The van der Waals surface area contributed by atoms with Gasteiger partial charge >= 0.3 is 18.4 Å². The predicted molar refractivity (Wildman–Crippen MR) is 162 cm³/mol. The lowest BCUT2D eigenvalue weighted by atomic mass is 10.1. The van der Waals surface area contributed by atoms with E-state index in [2.05, 4.69) is 25.7 Å². The monoisotopic (exact) mass is 633 g/mol. The van der Waals surface area contributed by atoms with E-state index in [-0.39, 0.29) is 28.6 Å². The first-order valence-corrected chi connectivity index (χ1v) is 14.3. The summed E-state index contributed by atoms with van der Waals surface area (Å²) in [5.74, 6) is -0.471. The molecule has 0 radical (unpaired) electrons. The molecule has 1 unspecified atom stereocenters. The Morgan fingerprint density at radius 2 is 1.60 bits per heavy atom. The predicted octanol–water partition coefficient (Wildman–Crippen LogP) is 7.28. The Morgan fingerprint density at radius 3 is 2.21 bits per heavy atom. The van der Waals surface area contributed by atoms with Gasteiger partial charge in [0.15, 0.2) is 5.17 Å². The molecule has 0 aromatic heterocycles. The fourth-order valence-electron chi connectivity index (χ4n) is 4.11. The molecule has 0 saturated carbocycles. The van der Waals surface area contributed by atoms with Crippen LogP contribution in [-0.4, -0.2) is 41.3 Å². The molecule has 0 aliphatic carbocycles. The van der Waals surface area contributed by atoms with Crippen molar-refractivity contribution in [2.75, 3.05) is 21.3 Å². The van der Waals surface area contributed by atoms with E-state index in [9.17, 15) is 27.6 Å². The fourth-order valence-corrected chi connectivity index (χ4v) is 5.27. The summed E-state index contributed by atoms with van der Waals surface area (Å²) < 4.78 is 40.7. The maximum Gasteiger partial charge on any atom is 0.573 e. The van der Waals surface area contributed by atoms with E-state index < -0.39 is 24.2 Å². The van der Waals surface area contributed by atoms with Crippen LogP contribution in [0.2, 0.25) is 5.02 Å². The number of hydrogen-bond acceptors (Lipinski definition) is 5. The highest BCUT2D eigenvalue weighted by Gasteiger charge is 2.32. The lowest BCUT2D eigenvalue weighted by Gasteiger charge is -2.19. The van der Waals surface area contributed by atoms with Gasteiger partial charge < -0.3 is 20.7 Å². The first-order valence-electron chi connectivity index (χ1n) is 12.9. The summed E-state index contributed by atoms with van der Waals surface area (Å²) in [5.41, 5.74) is 4.05. The van der Waals surface area contributed by atoms with Crippen LogP contribution in [0.15, 0.2) is 65.7 Å². The van der Waals surface area contributed by atoms with Gasteiger partial charge in [0.1, 0.15) is 5.75 Å². The van der Waals surface area contributed by atoms with Gasteiger partial charge in [0.25, 0.3) is 0 Å². The molecule has 1 heterocycles. The summed E-state index contributed by atoms with van der Waals surface area (Å²) in [5, 5.41) is 8.61. The molecule has 1 fully saturated rings. The second kappa shape index (κ2) is 13.4. The molecule has 3 N–H and O–H groups in total. The van der Waals surface area contributed by atoms with Gasteiger partial charge in [-0.05, 0) is 92.4 Å². The summed E-state index contributed by atoms with van der Waals surface area (Å²) in [7, 11) is 0. The maximum atomic E-state index is 12.7. The zero-order valence-corrected chi connectivity index (χ0v) is 24.8. The van der Waals surface area contributed by atoms with Crippen LogP contribution in [0.5, 0.6) is 5.75 Å². The molecule has 43 heavy (non-hydrogen) atoms. The fraction of sp³-hybridized carbons (Fsp3) is 0.241. The number of halogens is 4. The summed E-state index contributed by atoms with van der Waals surface area (Å²) in [6.45, 7) is 5.64. The minimum absolute atomic E-state index is 0.145. The molecular weight excluding hydrogens is 607 g/mol. The highest BCUT2D eigenvalue weighted by molar-refractivity contribution is 8.15. The Hall–Kier alpha value is -4.23. The maximum absolute atomic E-state index is 12.7. The smallest absolute Gasteiger partial charge is 0.406 e. The summed E-state index contributed by atoms with van der Waals surface area (Å²) in [6, 6.07) is 13.7. The average molecular weight is 634 g/mol. The third-order valence-corrected chi connectivity index (χ3v) is 7.46. The Labute approximate surface area is 254 Å². The molecule has 1 atom stereocenters. The van der Waals surface area contributed by atoms with Gasteiger partial charge in [-0.25, -0.2) is 9.59 Å². The van der Waals surface area contributed by atoms with Gasteiger partial charge in [0.2, 0.25) is 5.91 Å². The molecule has 9 nitrogen and oxygen atoms in total. The standard InChI is InChI=1S/C29H27ClF3N5O4S/c1-16-12-23(30)24(13-17(16)2)38-25(39)15-43-28(38)37-26(40)34-18(3)14-19-4-6-20(7-5-19)35-27(41)36-21-8-10-22(11-9-21)42-29(31,32)33/h4-13,18H,14-15H2,1-3H3,(H,34,40)(H2,35,36,41)/b37-28-. The van der Waals surface area contributed by atoms with Gasteiger partial charge in [-0.1, -0.05) is 35.5 Å². The van der Waals surface area contributed by atoms with Crippen LogP contribution in [0.1, 0.15) is 23.6 Å². The third kappa shape index (κ3) is 8.88. The molecule has 1 aliphatic heterocycles. The number of amides is 5. The molecule has 14 heteroatoms. The van der Waals surface area contributed by atoms with Crippen molar-refractivity contribution in [3.63, 3.8) is 0 Å². The SMILES string of the molecule is Cc1cc(Cl)c(N2C(=O)CS/C2=N\C(=O)NC(C)Cc2ccc(NC(=O)Nc3ccc(OC(F)(F)F)cc3)cc2)cc1C. The number of nitrogens with zero attached hydrogens (tertiary/aromatic N) is 2. The minimum atomic E-state index is -4.80. The van der Waals surface area contributed by atoms with Crippen molar-refractivity contribution < 1.29 is 32.3 Å². The van der Waals surface area contributed by atoms with Gasteiger partial charge in [0.05, 0.1) is 16.5 Å². The molecular formula is C29H27ClF3N5O4S. The van der Waals surface area contributed by atoms with Crippen LogP contribution in [0, 0.1) is 13.8 Å². The van der Waals surface area contributed by atoms with E-state index in [0.29, 0.717) is 22.8 Å². The number of aliphatic imine (C=N–C) groups is 1. The first kappa shape index (κ1) is 31.7. The average Bonchev–Trinajstić information content (AvgIpc) is 3.26. The summed E-state index contributed by atoms with van der Waals surface area (Å²) in [6.07, 6.45) is -4.33. The number of urea groups is 2. The van der Waals surface area contributed by atoms with Gasteiger partial charge in [-0.15, -0.1) is 13.2 Å². The van der Waals surface area contributed by atoms with Crippen LogP contribution in [0.25, 0.3) is 0 Å². The molecule has 0 bridgehead atoms. The molecule has 3 aromatic rings. The highest BCUT2D eigenvalue weighted by Crippen LogP contribution is 2.34. The quantitative estimate of drug-likeness (QED) is 0.253. The van der Waals surface area contributed by atoms with Crippen molar-refractivity contribution in [3.05, 3.63) is 82.4 Å². The van der Waals surface area contributed by atoms with Crippen molar-refractivity contribution in [1.29, 1.82) is 0 Å². The van der Waals surface area contributed by atoms with Crippen LogP contribution >= 0.6 is 23.4 Å². The Kier molecular flexibility index (Phi) is 9.87. The van der Waals surface area contributed by atoms with Crippen LogP contribution in [0.3, 0.4) is 0 Å². The zero-order valence-electron chi connectivity index (χ0n) is 23.2. The number of hydrogen-bond donors (Lipinski definition) is 3. The Balaban J connectivity index is 1.29. The van der Waals surface area contributed by atoms with E-state index in [1.165, 1.54) is 17.0 Å². The van der Waals surface area contributed by atoms with Crippen molar-refractivity contribution in [2.45, 2.75) is 39.6 Å². The highest BCUT2D eigenvalue weighted by atomic mass is 35.5. The number of carbonyl (C=O) groups excluding carboxylic acids is 3. The molecule has 1 saturated heterocycles.